The molecule has 0 aromatic heterocycles. The van der Waals surface area contributed by atoms with E-state index in [-0.39, 0.29) is 5.97 Å². The largest absolute Gasteiger partial charge is 0.458 e. The van der Waals surface area contributed by atoms with Crippen LogP contribution in [0.4, 0.5) is 0 Å². The second-order valence-corrected chi connectivity index (χ2v) is 6.79. The monoisotopic (exact) mass is 348 g/mol. The highest BCUT2D eigenvalue weighted by Gasteiger charge is 2.12. The van der Waals surface area contributed by atoms with Gasteiger partial charge in [-0.25, -0.2) is 4.79 Å². The van der Waals surface area contributed by atoms with Gasteiger partial charge in [0.1, 0.15) is 6.61 Å². The van der Waals surface area contributed by atoms with Crippen molar-refractivity contribution in [3.63, 3.8) is 0 Å². The zero-order valence-corrected chi connectivity index (χ0v) is 16.0. The molecular weight excluding hydrogens is 320 g/mol. The molecule has 0 saturated carbocycles. The minimum atomic E-state index is -0.259. The fourth-order valence-corrected chi connectivity index (χ4v) is 2.72. The lowest BCUT2D eigenvalue weighted by Gasteiger charge is -2.09. The summed E-state index contributed by atoms with van der Waals surface area (Å²) in [4.78, 5) is 12.5. The van der Waals surface area contributed by atoms with Crippen molar-refractivity contribution in [3.8, 4) is 0 Å². The predicted octanol–water partition coefficient (Wildman–Crippen LogP) is 6.13. The molecule has 0 aliphatic heterocycles. The zero-order valence-electron chi connectivity index (χ0n) is 16.0. The Balaban J connectivity index is 1.94. The van der Waals surface area contributed by atoms with Crippen molar-refractivity contribution in [2.75, 3.05) is 6.61 Å². The Morgan fingerprint density at radius 2 is 1.62 bits per heavy atom. The summed E-state index contributed by atoms with van der Waals surface area (Å²) in [6.45, 7) is 6.61. The molecule has 0 heterocycles. The van der Waals surface area contributed by atoms with Crippen LogP contribution >= 0.6 is 0 Å². The molecule has 0 radical (unpaired) electrons. The van der Waals surface area contributed by atoms with Crippen molar-refractivity contribution in [1.82, 2.24) is 0 Å². The van der Waals surface area contributed by atoms with Crippen LogP contribution in [0, 0.1) is 0 Å². The van der Waals surface area contributed by atoms with Crippen LogP contribution in [-0.2, 0) is 11.2 Å². The van der Waals surface area contributed by atoms with Gasteiger partial charge < -0.3 is 4.74 Å². The molecule has 2 rings (SSSR count). The van der Waals surface area contributed by atoms with E-state index in [2.05, 4.69) is 39.0 Å². The molecule has 0 aliphatic rings. The van der Waals surface area contributed by atoms with Gasteiger partial charge in [-0.15, -0.1) is 0 Å². The number of hydrogen-bond donors (Lipinski definition) is 0. The van der Waals surface area contributed by atoms with Crippen LogP contribution in [0.1, 0.15) is 55.1 Å². The fraction of sp³-hybridized carbons (Fsp3) is 0.292. The number of benzene rings is 2. The zero-order chi connectivity index (χ0) is 18.8. The minimum Gasteiger partial charge on any atom is -0.458 e. The van der Waals surface area contributed by atoms with Crippen LogP contribution in [0.5, 0.6) is 0 Å². The first kappa shape index (κ1) is 19.7. The Morgan fingerprint density at radius 3 is 2.35 bits per heavy atom. The SMILES string of the molecule is CC(C)=CCCC(C)=CCOC(=O)c1ccccc1Cc1ccccc1. The molecule has 136 valence electrons. The third-order valence-corrected chi connectivity index (χ3v) is 4.21. The number of hydrogen-bond acceptors (Lipinski definition) is 2. The maximum absolute atomic E-state index is 12.5. The van der Waals surface area contributed by atoms with Crippen LogP contribution in [0.15, 0.2) is 77.9 Å². The third kappa shape index (κ3) is 6.72. The Bertz CT molecular complexity index is 766. The van der Waals surface area contributed by atoms with Gasteiger partial charge in [0, 0.05) is 0 Å². The van der Waals surface area contributed by atoms with Crippen LogP contribution in [0.3, 0.4) is 0 Å². The summed E-state index contributed by atoms with van der Waals surface area (Å²) in [7, 11) is 0. The molecule has 0 unspecified atom stereocenters. The second kappa shape index (κ2) is 10.4. The lowest BCUT2D eigenvalue weighted by Crippen LogP contribution is -2.09. The van der Waals surface area contributed by atoms with E-state index in [4.69, 9.17) is 4.74 Å². The highest BCUT2D eigenvalue weighted by molar-refractivity contribution is 5.91. The van der Waals surface area contributed by atoms with E-state index in [9.17, 15) is 4.79 Å². The van der Waals surface area contributed by atoms with Crippen molar-refractivity contribution < 1.29 is 9.53 Å². The first-order valence-corrected chi connectivity index (χ1v) is 9.14. The first-order valence-electron chi connectivity index (χ1n) is 9.14. The van der Waals surface area contributed by atoms with Gasteiger partial charge in [0.2, 0.25) is 0 Å². The summed E-state index contributed by atoms with van der Waals surface area (Å²) in [5, 5.41) is 0. The van der Waals surface area contributed by atoms with E-state index in [1.54, 1.807) is 0 Å². The summed E-state index contributed by atoms with van der Waals surface area (Å²) in [6, 6.07) is 17.8. The van der Waals surface area contributed by atoms with Crippen LogP contribution in [0.25, 0.3) is 0 Å². The van der Waals surface area contributed by atoms with Gasteiger partial charge in [-0.3, -0.25) is 0 Å². The number of carbonyl (C=O) groups excluding carboxylic acids is 1. The molecule has 2 aromatic rings. The summed E-state index contributed by atoms with van der Waals surface area (Å²) < 4.78 is 5.47. The third-order valence-electron chi connectivity index (χ3n) is 4.21. The van der Waals surface area contributed by atoms with Gasteiger partial charge in [-0.05, 0) is 63.3 Å². The molecule has 0 bridgehead atoms. The fourth-order valence-electron chi connectivity index (χ4n) is 2.72. The van der Waals surface area contributed by atoms with Crippen molar-refractivity contribution in [3.05, 3.63) is 94.6 Å². The van der Waals surface area contributed by atoms with Gasteiger partial charge in [-0.1, -0.05) is 65.8 Å². The molecule has 0 N–H and O–H groups in total. The van der Waals surface area contributed by atoms with Crippen LogP contribution in [0.2, 0.25) is 0 Å². The molecule has 0 fully saturated rings. The highest BCUT2D eigenvalue weighted by atomic mass is 16.5. The molecule has 2 nitrogen and oxygen atoms in total. The van der Waals surface area contributed by atoms with Crippen molar-refractivity contribution in [1.29, 1.82) is 0 Å². The maximum atomic E-state index is 12.5. The maximum Gasteiger partial charge on any atom is 0.338 e. The van der Waals surface area contributed by atoms with E-state index < -0.39 is 0 Å². The minimum absolute atomic E-state index is 0.259. The number of esters is 1. The standard InChI is InChI=1S/C24H28O2/c1-19(2)10-9-11-20(3)16-17-26-24(25)23-15-8-7-14-22(23)18-21-12-5-4-6-13-21/h4-8,10,12-16H,9,11,17-18H2,1-3H3. The van der Waals surface area contributed by atoms with Gasteiger partial charge >= 0.3 is 5.97 Å². The van der Waals surface area contributed by atoms with Gasteiger partial charge in [0.15, 0.2) is 0 Å². The summed E-state index contributed by atoms with van der Waals surface area (Å²) in [6.07, 6.45) is 6.97. The molecule has 0 aliphatic carbocycles. The lowest BCUT2D eigenvalue weighted by atomic mass is 10.00. The molecule has 0 amide bonds. The molecule has 26 heavy (non-hydrogen) atoms. The highest BCUT2D eigenvalue weighted by Crippen LogP contribution is 2.16. The molecule has 2 heteroatoms. The van der Waals surface area contributed by atoms with E-state index in [0.29, 0.717) is 12.2 Å². The number of allylic oxidation sites excluding steroid dienone is 3. The van der Waals surface area contributed by atoms with E-state index in [1.165, 1.54) is 16.7 Å². The Morgan fingerprint density at radius 1 is 0.923 bits per heavy atom. The predicted molar refractivity (Wildman–Crippen MR) is 108 cm³/mol. The number of rotatable bonds is 8. The van der Waals surface area contributed by atoms with Crippen molar-refractivity contribution in [2.45, 2.75) is 40.0 Å². The van der Waals surface area contributed by atoms with E-state index >= 15 is 0 Å². The van der Waals surface area contributed by atoms with E-state index in [0.717, 1.165) is 24.8 Å². The van der Waals surface area contributed by atoms with Gasteiger partial charge in [-0.2, -0.15) is 0 Å². The Kier molecular flexibility index (Phi) is 7.88. The number of ether oxygens (including phenoxy) is 1. The second-order valence-electron chi connectivity index (χ2n) is 6.79. The van der Waals surface area contributed by atoms with Gasteiger partial charge in [0.25, 0.3) is 0 Å². The number of carbonyl (C=O) groups is 1. The molecule has 0 spiro atoms. The molecule has 2 aromatic carbocycles. The van der Waals surface area contributed by atoms with Gasteiger partial charge in [0.05, 0.1) is 5.56 Å². The lowest BCUT2D eigenvalue weighted by molar-refractivity contribution is 0.0548. The summed E-state index contributed by atoms with van der Waals surface area (Å²) >= 11 is 0. The summed E-state index contributed by atoms with van der Waals surface area (Å²) in [5.74, 6) is -0.259. The van der Waals surface area contributed by atoms with Crippen molar-refractivity contribution >= 4 is 5.97 Å². The molecule has 0 saturated heterocycles. The van der Waals surface area contributed by atoms with Crippen LogP contribution in [-0.4, -0.2) is 12.6 Å². The molecular formula is C24H28O2. The quantitative estimate of drug-likeness (QED) is 0.424. The Hall–Kier alpha value is -2.61. The smallest absolute Gasteiger partial charge is 0.338 e. The summed E-state index contributed by atoms with van der Waals surface area (Å²) in [5.41, 5.74) is 5.40. The normalized spacial score (nSPS) is 11.1. The van der Waals surface area contributed by atoms with Crippen LogP contribution < -0.4 is 0 Å². The first-order chi connectivity index (χ1) is 12.6. The van der Waals surface area contributed by atoms with Crippen molar-refractivity contribution in [2.24, 2.45) is 0 Å². The topological polar surface area (TPSA) is 26.3 Å². The average Bonchev–Trinajstić information content (AvgIpc) is 2.62. The Labute approximate surface area is 157 Å². The molecule has 0 atom stereocenters. The average molecular weight is 348 g/mol. The van der Waals surface area contributed by atoms with E-state index in [1.807, 2.05) is 48.5 Å².